The van der Waals surface area contributed by atoms with Crippen LogP contribution >= 0.6 is 12.4 Å². The largest absolute Gasteiger partial charge is 0.468 e. The first-order chi connectivity index (χ1) is 16.8. The molecule has 1 saturated heterocycles. The van der Waals surface area contributed by atoms with Crippen molar-refractivity contribution < 1.29 is 22.7 Å². The molecule has 2 aromatic rings. The molecule has 2 aromatic carbocycles. The van der Waals surface area contributed by atoms with Crippen LogP contribution in [0, 0.1) is 0 Å². The van der Waals surface area contributed by atoms with E-state index in [0.29, 0.717) is 23.6 Å². The van der Waals surface area contributed by atoms with E-state index in [4.69, 9.17) is 4.74 Å². The van der Waals surface area contributed by atoms with Gasteiger partial charge in [0.25, 0.3) is 5.91 Å². The van der Waals surface area contributed by atoms with Gasteiger partial charge in [-0.3, -0.25) is 9.59 Å². The lowest BCUT2D eigenvalue weighted by atomic mass is 9.90. The van der Waals surface area contributed by atoms with E-state index in [1.165, 1.54) is 12.7 Å². The number of anilines is 1. The molecule has 0 aliphatic carbocycles. The Hall–Kier alpha value is -2.46. The van der Waals surface area contributed by atoms with Gasteiger partial charge in [-0.2, -0.15) is 0 Å². The summed E-state index contributed by atoms with van der Waals surface area (Å²) in [6.45, 7) is 3.94. The predicted molar refractivity (Wildman–Crippen MR) is 144 cm³/mol. The molecule has 8 nitrogen and oxygen atoms in total. The third-order valence-electron chi connectivity index (χ3n) is 6.21. The molecular weight excluding hydrogens is 502 g/mol. The maximum atomic E-state index is 12.7. The van der Waals surface area contributed by atoms with Crippen molar-refractivity contribution in [3.8, 4) is 0 Å². The van der Waals surface area contributed by atoms with Crippen molar-refractivity contribution in [3.05, 3.63) is 65.2 Å². The molecule has 1 aliphatic heterocycles. The number of nitrogens with one attached hydrogen (secondary N) is 3. The summed E-state index contributed by atoms with van der Waals surface area (Å²) < 4.78 is 31.8. The second kappa shape index (κ2) is 14.3. The highest BCUT2D eigenvalue weighted by Crippen LogP contribution is 2.25. The number of piperidine rings is 1. The van der Waals surface area contributed by atoms with Crippen molar-refractivity contribution in [1.29, 1.82) is 0 Å². The van der Waals surface area contributed by atoms with E-state index in [2.05, 4.69) is 15.4 Å². The zero-order chi connectivity index (χ0) is 25.3. The number of amides is 1. The van der Waals surface area contributed by atoms with Crippen molar-refractivity contribution >= 4 is 40.0 Å². The normalized spacial score (nSPS) is 14.9. The fourth-order valence-corrected chi connectivity index (χ4v) is 5.55. The molecule has 3 N–H and O–H groups in total. The molecule has 1 unspecified atom stereocenters. The molecule has 198 valence electrons. The summed E-state index contributed by atoms with van der Waals surface area (Å²) >= 11 is 0. The van der Waals surface area contributed by atoms with Gasteiger partial charge in [0.1, 0.15) is 6.04 Å². The van der Waals surface area contributed by atoms with E-state index in [1.807, 2.05) is 31.2 Å². The van der Waals surface area contributed by atoms with Crippen molar-refractivity contribution in [2.45, 2.75) is 51.0 Å². The number of unbranched alkanes of at least 4 members (excludes halogenated alkanes) is 1. The van der Waals surface area contributed by atoms with Gasteiger partial charge in [-0.25, -0.2) is 13.1 Å². The predicted octanol–water partition coefficient (Wildman–Crippen LogP) is 3.63. The lowest BCUT2D eigenvalue weighted by Gasteiger charge is -2.23. The average molecular weight is 538 g/mol. The fourth-order valence-electron chi connectivity index (χ4n) is 4.15. The van der Waals surface area contributed by atoms with Crippen LogP contribution in [0.2, 0.25) is 0 Å². The summed E-state index contributed by atoms with van der Waals surface area (Å²) in [4.78, 5) is 24.8. The van der Waals surface area contributed by atoms with Crippen LogP contribution in [-0.4, -0.2) is 52.3 Å². The van der Waals surface area contributed by atoms with Gasteiger partial charge in [0.15, 0.2) is 0 Å². The third kappa shape index (κ3) is 8.89. The first-order valence-electron chi connectivity index (χ1n) is 12.1. The summed E-state index contributed by atoms with van der Waals surface area (Å²) in [5.41, 5.74) is 3.19. The third-order valence-corrected chi connectivity index (χ3v) is 7.68. The van der Waals surface area contributed by atoms with Gasteiger partial charge in [-0.05, 0) is 80.1 Å². The summed E-state index contributed by atoms with van der Waals surface area (Å²) in [7, 11) is -2.36. The Morgan fingerprint density at radius 1 is 1.06 bits per heavy atom. The lowest BCUT2D eigenvalue weighted by Crippen LogP contribution is -2.43. The van der Waals surface area contributed by atoms with E-state index in [1.54, 1.807) is 24.3 Å². The number of carbonyl (C=O) groups excluding carboxylic acids is 2. The molecule has 36 heavy (non-hydrogen) atoms. The number of carbonyl (C=O) groups is 2. The van der Waals surface area contributed by atoms with Crippen LogP contribution in [-0.2, 0) is 26.0 Å². The SMILES string of the molecule is CCCCS(=O)(=O)NC(Cc1ccc(NC(=O)c2ccc(C3CCNCC3)cc2)cc1)C(=O)OC.Cl. The molecule has 3 rings (SSSR count). The number of hydrogen-bond donors (Lipinski definition) is 3. The Morgan fingerprint density at radius 3 is 2.28 bits per heavy atom. The van der Waals surface area contributed by atoms with Gasteiger partial charge in [0, 0.05) is 11.3 Å². The minimum Gasteiger partial charge on any atom is -0.468 e. The summed E-state index contributed by atoms with van der Waals surface area (Å²) in [6.07, 6.45) is 3.60. The Bertz CT molecular complexity index is 1090. The topological polar surface area (TPSA) is 114 Å². The minimum atomic E-state index is -3.59. The molecule has 1 fully saturated rings. The van der Waals surface area contributed by atoms with Crippen LogP contribution in [0.4, 0.5) is 5.69 Å². The van der Waals surface area contributed by atoms with Crippen LogP contribution in [0.5, 0.6) is 0 Å². The number of hydrogen-bond acceptors (Lipinski definition) is 6. The monoisotopic (exact) mass is 537 g/mol. The number of benzene rings is 2. The van der Waals surface area contributed by atoms with Crippen molar-refractivity contribution in [2.24, 2.45) is 0 Å². The van der Waals surface area contributed by atoms with E-state index in [9.17, 15) is 18.0 Å². The Balaban J connectivity index is 0.00000456. The fraction of sp³-hybridized carbons (Fsp3) is 0.462. The smallest absolute Gasteiger partial charge is 0.324 e. The van der Waals surface area contributed by atoms with Crippen LogP contribution < -0.4 is 15.4 Å². The van der Waals surface area contributed by atoms with Gasteiger partial charge in [0.2, 0.25) is 10.0 Å². The maximum absolute atomic E-state index is 12.7. The van der Waals surface area contributed by atoms with E-state index >= 15 is 0 Å². The number of halogens is 1. The number of methoxy groups -OCH3 is 1. The van der Waals surface area contributed by atoms with Crippen molar-refractivity contribution in [3.63, 3.8) is 0 Å². The zero-order valence-corrected chi connectivity index (χ0v) is 22.4. The first-order valence-corrected chi connectivity index (χ1v) is 13.8. The van der Waals surface area contributed by atoms with E-state index < -0.39 is 22.0 Å². The molecule has 1 atom stereocenters. The maximum Gasteiger partial charge on any atom is 0.324 e. The number of rotatable bonds is 11. The van der Waals surface area contributed by atoms with Crippen molar-refractivity contribution in [1.82, 2.24) is 10.0 Å². The highest BCUT2D eigenvalue weighted by atomic mass is 35.5. The minimum absolute atomic E-state index is 0. The van der Waals surface area contributed by atoms with E-state index in [0.717, 1.165) is 37.9 Å². The van der Waals surface area contributed by atoms with E-state index in [-0.39, 0.29) is 30.5 Å². The van der Waals surface area contributed by atoms with Crippen molar-refractivity contribution in [2.75, 3.05) is 31.3 Å². The zero-order valence-electron chi connectivity index (χ0n) is 20.8. The van der Waals surface area contributed by atoms with Gasteiger partial charge < -0.3 is 15.4 Å². The summed E-state index contributed by atoms with van der Waals surface area (Å²) in [5.74, 6) is -0.354. The molecule has 0 saturated carbocycles. The molecule has 1 heterocycles. The molecule has 0 radical (unpaired) electrons. The molecule has 0 bridgehead atoms. The summed E-state index contributed by atoms with van der Waals surface area (Å²) in [6, 6.07) is 13.7. The molecule has 0 aromatic heterocycles. The van der Waals surface area contributed by atoms with Crippen LogP contribution in [0.3, 0.4) is 0 Å². The summed E-state index contributed by atoms with van der Waals surface area (Å²) in [5, 5.41) is 6.24. The van der Waals surface area contributed by atoms with Gasteiger partial charge in [-0.15, -0.1) is 12.4 Å². The highest BCUT2D eigenvalue weighted by Gasteiger charge is 2.25. The molecule has 0 spiro atoms. The molecule has 1 amide bonds. The number of ether oxygens (including phenoxy) is 1. The Labute approximate surface area is 220 Å². The standard InChI is InChI=1S/C26H35N3O5S.ClH/c1-3-4-17-35(32,33)29-24(26(31)34-2)18-19-5-11-23(12-6-19)28-25(30)22-9-7-20(8-10-22)21-13-15-27-16-14-21;/h5-12,21,24,27,29H,3-4,13-18H2,1-2H3,(H,28,30);1H. The Morgan fingerprint density at radius 2 is 1.69 bits per heavy atom. The molecular formula is C26H36ClN3O5S. The van der Waals surface area contributed by atoms with Crippen LogP contribution in [0.15, 0.2) is 48.5 Å². The number of sulfonamides is 1. The second-order valence-corrected chi connectivity index (χ2v) is 10.7. The van der Waals surface area contributed by atoms with Gasteiger partial charge in [0.05, 0.1) is 12.9 Å². The molecule has 10 heteroatoms. The van der Waals surface area contributed by atoms with Crippen LogP contribution in [0.1, 0.15) is 60.0 Å². The van der Waals surface area contributed by atoms with Gasteiger partial charge >= 0.3 is 5.97 Å². The first kappa shape index (κ1) is 29.8. The van der Waals surface area contributed by atoms with Crippen LogP contribution in [0.25, 0.3) is 0 Å². The average Bonchev–Trinajstić information content (AvgIpc) is 2.88. The highest BCUT2D eigenvalue weighted by molar-refractivity contribution is 7.89. The molecule has 1 aliphatic rings. The van der Waals surface area contributed by atoms with Gasteiger partial charge in [-0.1, -0.05) is 37.6 Å². The quantitative estimate of drug-likeness (QED) is 0.377. The lowest BCUT2D eigenvalue weighted by molar-refractivity contribution is -0.142. The Kier molecular flexibility index (Phi) is 11.8. The number of esters is 1. The second-order valence-electron chi connectivity index (χ2n) is 8.87.